The molecule has 1 aromatic carbocycles. The van der Waals surface area contributed by atoms with E-state index in [0.29, 0.717) is 6.29 Å². The zero-order chi connectivity index (χ0) is 17.2. The topological polar surface area (TPSA) is 96.0 Å². The van der Waals surface area contributed by atoms with E-state index in [2.05, 4.69) is 4.74 Å². The molecule has 1 unspecified atom stereocenters. The van der Waals surface area contributed by atoms with Crippen LogP contribution in [0.2, 0.25) is 0 Å². The highest BCUT2D eigenvalue weighted by molar-refractivity contribution is 5.91. The quantitative estimate of drug-likeness (QED) is 0.323. The van der Waals surface area contributed by atoms with Crippen LogP contribution in [0, 0.1) is 5.92 Å². The zero-order valence-corrected chi connectivity index (χ0v) is 12.7. The van der Waals surface area contributed by atoms with E-state index in [-0.39, 0.29) is 17.9 Å². The van der Waals surface area contributed by atoms with Crippen LogP contribution in [0.25, 0.3) is 0 Å². The number of benzene rings is 1. The van der Waals surface area contributed by atoms with Crippen molar-refractivity contribution >= 4 is 24.2 Å². The summed E-state index contributed by atoms with van der Waals surface area (Å²) in [6.07, 6.45) is 2.38. The van der Waals surface area contributed by atoms with Crippen LogP contribution in [0.15, 0.2) is 36.4 Å². The minimum Gasteiger partial charge on any atom is -0.466 e. The molecule has 0 fully saturated rings. The van der Waals surface area contributed by atoms with Gasteiger partial charge in [0.15, 0.2) is 6.29 Å². The average molecular weight is 320 g/mol. The van der Waals surface area contributed by atoms with Crippen molar-refractivity contribution in [3.05, 3.63) is 42.0 Å². The first-order chi connectivity index (χ1) is 11.0. The van der Waals surface area contributed by atoms with Crippen LogP contribution < -0.4 is 4.74 Å². The highest BCUT2D eigenvalue weighted by Crippen LogP contribution is 2.17. The Balaban J connectivity index is 2.51. The van der Waals surface area contributed by atoms with Gasteiger partial charge in [-0.05, 0) is 19.1 Å². The number of hydrogen-bond donors (Lipinski definition) is 0. The summed E-state index contributed by atoms with van der Waals surface area (Å²) in [5, 5.41) is 0. The average Bonchev–Trinajstić information content (AvgIpc) is 2.57. The fraction of sp³-hybridized carbons (Fsp3) is 0.250. The van der Waals surface area contributed by atoms with Crippen LogP contribution in [0.5, 0.6) is 5.75 Å². The predicted octanol–water partition coefficient (Wildman–Crippen LogP) is 1.31. The molecule has 1 aromatic rings. The summed E-state index contributed by atoms with van der Waals surface area (Å²) in [7, 11) is 1.17. The van der Waals surface area contributed by atoms with Gasteiger partial charge in [-0.2, -0.15) is 0 Å². The Kier molecular flexibility index (Phi) is 7.19. The summed E-state index contributed by atoms with van der Waals surface area (Å²) < 4.78 is 14.2. The van der Waals surface area contributed by atoms with Crippen molar-refractivity contribution in [2.75, 3.05) is 13.7 Å². The fourth-order valence-electron chi connectivity index (χ4n) is 1.41. The minimum absolute atomic E-state index is 0.135. The molecule has 1 rings (SSSR count). The molecule has 0 amide bonds. The molecule has 0 bridgehead atoms. The molecule has 0 aliphatic rings. The second-order valence-electron chi connectivity index (χ2n) is 4.46. The number of hydrogen-bond acceptors (Lipinski definition) is 7. The van der Waals surface area contributed by atoms with Gasteiger partial charge < -0.3 is 14.2 Å². The zero-order valence-electron chi connectivity index (χ0n) is 12.7. The second-order valence-corrected chi connectivity index (χ2v) is 4.46. The lowest BCUT2D eigenvalue weighted by Crippen LogP contribution is -2.24. The number of carbonyl (C=O) groups is 4. The monoisotopic (exact) mass is 320 g/mol. The van der Waals surface area contributed by atoms with E-state index < -0.39 is 23.8 Å². The standard InChI is InChI=1S/C16H16O7/c1-11(10-22-15(19)8-7-14(18)21-2)16(20)23-13-6-4-3-5-12(13)9-17/h3-9,11H,10H2,1-2H3/b8-7-. The molecule has 7 heteroatoms. The molecule has 0 aliphatic carbocycles. The van der Waals surface area contributed by atoms with Gasteiger partial charge in [0.05, 0.1) is 18.6 Å². The third-order valence-electron chi connectivity index (χ3n) is 2.69. The number of rotatable bonds is 7. The van der Waals surface area contributed by atoms with Crippen LogP contribution in [0.3, 0.4) is 0 Å². The fourth-order valence-corrected chi connectivity index (χ4v) is 1.41. The second kappa shape index (κ2) is 9.14. The number of ether oxygens (including phenoxy) is 3. The van der Waals surface area contributed by atoms with E-state index in [4.69, 9.17) is 9.47 Å². The van der Waals surface area contributed by atoms with Crippen molar-refractivity contribution in [2.45, 2.75) is 6.92 Å². The van der Waals surface area contributed by atoms with Gasteiger partial charge in [0, 0.05) is 12.2 Å². The minimum atomic E-state index is -0.789. The molecular formula is C16H16O7. The lowest BCUT2D eigenvalue weighted by molar-refractivity contribution is -0.146. The number of aldehydes is 1. The van der Waals surface area contributed by atoms with Gasteiger partial charge in [0.1, 0.15) is 12.4 Å². The van der Waals surface area contributed by atoms with E-state index in [1.54, 1.807) is 12.1 Å². The van der Waals surface area contributed by atoms with Crippen molar-refractivity contribution in [3.8, 4) is 5.75 Å². The first kappa shape index (κ1) is 18.1. The van der Waals surface area contributed by atoms with Gasteiger partial charge in [-0.3, -0.25) is 9.59 Å². The van der Waals surface area contributed by atoms with Crippen LogP contribution in [0.4, 0.5) is 0 Å². The maximum Gasteiger partial charge on any atom is 0.331 e. The van der Waals surface area contributed by atoms with E-state index in [1.807, 2.05) is 0 Å². The Morgan fingerprint density at radius 2 is 1.78 bits per heavy atom. The Hall–Kier alpha value is -2.96. The molecule has 0 N–H and O–H groups in total. The highest BCUT2D eigenvalue weighted by Gasteiger charge is 2.18. The molecule has 0 heterocycles. The molecule has 7 nitrogen and oxygen atoms in total. The van der Waals surface area contributed by atoms with E-state index in [9.17, 15) is 19.2 Å². The molecule has 122 valence electrons. The van der Waals surface area contributed by atoms with Crippen molar-refractivity contribution in [1.82, 2.24) is 0 Å². The third-order valence-corrected chi connectivity index (χ3v) is 2.69. The Morgan fingerprint density at radius 1 is 1.13 bits per heavy atom. The molecule has 23 heavy (non-hydrogen) atoms. The van der Waals surface area contributed by atoms with Gasteiger partial charge in [-0.1, -0.05) is 12.1 Å². The van der Waals surface area contributed by atoms with E-state index in [1.165, 1.54) is 26.2 Å². The van der Waals surface area contributed by atoms with Crippen LogP contribution in [-0.4, -0.2) is 37.9 Å². The largest absolute Gasteiger partial charge is 0.466 e. The lowest BCUT2D eigenvalue weighted by atomic mass is 10.2. The number of methoxy groups -OCH3 is 1. The first-order valence-corrected chi connectivity index (χ1v) is 6.66. The van der Waals surface area contributed by atoms with Crippen molar-refractivity contribution in [3.63, 3.8) is 0 Å². The van der Waals surface area contributed by atoms with Crippen molar-refractivity contribution in [1.29, 1.82) is 0 Å². The van der Waals surface area contributed by atoms with E-state index >= 15 is 0 Å². The predicted molar refractivity (Wildman–Crippen MR) is 78.7 cm³/mol. The van der Waals surface area contributed by atoms with Crippen molar-refractivity contribution < 1.29 is 33.4 Å². The normalized spacial score (nSPS) is 11.6. The first-order valence-electron chi connectivity index (χ1n) is 6.66. The van der Waals surface area contributed by atoms with Gasteiger partial charge in [0.2, 0.25) is 0 Å². The molecule has 0 saturated heterocycles. The molecule has 0 radical (unpaired) electrons. The molecule has 0 spiro atoms. The van der Waals surface area contributed by atoms with E-state index in [0.717, 1.165) is 12.2 Å². The maximum absolute atomic E-state index is 11.9. The molecule has 0 aliphatic heterocycles. The smallest absolute Gasteiger partial charge is 0.331 e. The summed E-state index contributed by atoms with van der Waals surface area (Å²) in [6.45, 7) is 1.27. The lowest BCUT2D eigenvalue weighted by Gasteiger charge is -2.12. The van der Waals surface area contributed by atoms with Gasteiger partial charge in [-0.15, -0.1) is 0 Å². The summed E-state index contributed by atoms with van der Waals surface area (Å²) in [5.41, 5.74) is 0.242. The third kappa shape index (κ3) is 6.13. The van der Waals surface area contributed by atoms with Gasteiger partial charge in [0.25, 0.3) is 0 Å². The number of esters is 3. The Labute approximate surface area is 132 Å². The number of para-hydroxylation sites is 1. The van der Waals surface area contributed by atoms with Gasteiger partial charge >= 0.3 is 17.9 Å². The van der Waals surface area contributed by atoms with Crippen LogP contribution >= 0.6 is 0 Å². The summed E-state index contributed by atoms with van der Waals surface area (Å²) in [5.74, 6) is -2.74. The Bertz CT molecular complexity index is 619. The maximum atomic E-state index is 11.9. The highest BCUT2D eigenvalue weighted by atomic mass is 16.6. The summed E-state index contributed by atoms with van der Waals surface area (Å²) >= 11 is 0. The Morgan fingerprint density at radius 3 is 2.43 bits per heavy atom. The molecular weight excluding hydrogens is 304 g/mol. The molecule has 0 aromatic heterocycles. The van der Waals surface area contributed by atoms with Gasteiger partial charge in [-0.25, -0.2) is 9.59 Å². The molecule has 1 atom stereocenters. The summed E-state index contributed by atoms with van der Waals surface area (Å²) in [4.78, 5) is 44.9. The van der Waals surface area contributed by atoms with Crippen molar-refractivity contribution in [2.24, 2.45) is 5.92 Å². The van der Waals surface area contributed by atoms with Crippen LogP contribution in [-0.2, 0) is 23.9 Å². The molecule has 0 saturated carbocycles. The SMILES string of the molecule is COC(=O)/C=C\C(=O)OCC(C)C(=O)Oc1ccccc1C=O. The van der Waals surface area contributed by atoms with Crippen LogP contribution in [0.1, 0.15) is 17.3 Å². The summed E-state index contributed by atoms with van der Waals surface area (Å²) in [6, 6.07) is 6.26. The number of carbonyl (C=O) groups excluding carboxylic acids is 4.